The van der Waals surface area contributed by atoms with Crippen molar-refractivity contribution in [3.05, 3.63) is 60.2 Å². The van der Waals surface area contributed by atoms with Crippen molar-refractivity contribution >= 4 is 27.5 Å². The van der Waals surface area contributed by atoms with E-state index in [2.05, 4.69) is 15.4 Å². The van der Waals surface area contributed by atoms with E-state index in [9.17, 15) is 26.8 Å². The summed E-state index contributed by atoms with van der Waals surface area (Å²) in [6.07, 6.45) is -0.119. The summed E-state index contributed by atoms with van der Waals surface area (Å²) < 4.78 is 57.1. The van der Waals surface area contributed by atoms with Crippen molar-refractivity contribution in [2.75, 3.05) is 17.3 Å². The molecule has 168 valence electrons. The van der Waals surface area contributed by atoms with Gasteiger partial charge in [0.25, 0.3) is 0 Å². The van der Waals surface area contributed by atoms with Crippen molar-refractivity contribution in [1.29, 1.82) is 0 Å². The molecule has 0 aromatic heterocycles. The molecule has 2 N–H and O–H groups in total. The van der Waals surface area contributed by atoms with Gasteiger partial charge in [-0.2, -0.15) is 8.78 Å². The lowest BCUT2D eigenvalue weighted by Crippen LogP contribution is -2.45. The Morgan fingerprint density at radius 1 is 1.06 bits per heavy atom. The van der Waals surface area contributed by atoms with Crippen LogP contribution in [0.4, 0.5) is 19.3 Å². The van der Waals surface area contributed by atoms with Gasteiger partial charge in [0.1, 0.15) is 28.2 Å². The van der Waals surface area contributed by atoms with E-state index in [0.29, 0.717) is 0 Å². The lowest BCUT2D eigenvalue weighted by molar-refractivity contribution is -0.118. The van der Waals surface area contributed by atoms with Crippen LogP contribution >= 0.6 is 0 Å². The number of hydrogen-bond donors (Lipinski definition) is 2. The number of alkyl carbamates (subject to hydrolysis) is 1. The summed E-state index contributed by atoms with van der Waals surface area (Å²) in [6, 6.07) is 12.9. The van der Waals surface area contributed by atoms with Gasteiger partial charge in [-0.25, -0.2) is 13.2 Å². The van der Waals surface area contributed by atoms with Gasteiger partial charge >= 0.3 is 12.7 Å². The van der Waals surface area contributed by atoms with E-state index < -0.39 is 34.5 Å². The smallest absolute Gasteiger partial charge is 0.408 e. The third kappa shape index (κ3) is 9.43. The average molecular weight is 456 g/mol. The first kappa shape index (κ1) is 24.1. The molecule has 1 atom stereocenters. The van der Waals surface area contributed by atoms with E-state index in [0.717, 1.165) is 11.8 Å². The largest absolute Gasteiger partial charge is 0.445 e. The van der Waals surface area contributed by atoms with Gasteiger partial charge in [0, 0.05) is 18.0 Å². The van der Waals surface area contributed by atoms with Gasteiger partial charge in [-0.15, -0.1) is 0 Å². The fraction of sp³-hybridized carbons (Fsp3) is 0.300. The number of alkyl halides is 2. The summed E-state index contributed by atoms with van der Waals surface area (Å²) in [6.45, 7) is -3.07. The third-order valence-corrected chi connectivity index (χ3v) is 4.90. The number of halogens is 2. The predicted molar refractivity (Wildman–Crippen MR) is 110 cm³/mol. The molecule has 1 unspecified atom stereocenters. The first-order chi connectivity index (χ1) is 14.6. The first-order valence-corrected chi connectivity index (χ1v) is 11.2. The number of amides is 2. The Hall–Kier alpha value is -3.21. The van der Waals surface area contributed by atoms with Gasteiger partial charge in [-0.1, -0.05) is 36.4 Å². The van der Waals surface area contributed by atoms with Gasteiger partial charge in [0.05, 0.1) is 5.75 Å². The van der Waals surface area contributed by atoms with Crippen molar-refractivity contribution < 1.29 is 36.3 Å². The summed E-state index contributed by atoms with van der Waals surface area (Å²) in [5.74, 6) is -1.27. The quantitative estimate of drug-likeness (QED) is 0.569. The lowest BCUT2D eigenvalue weighted by Gasteiger charge is -2.18. The van der Waals surface area contributed by atoms with Crippen LogP contribution in [0.25, 0.3) is 0 Å². The normalized spacial score (nSPS) is 12.1. The number of hydrogen-bond acceptors (Lipinski definition) is 6. The Bertz CT molecular complexity index is 986. The van der Waals surface area contributed by atoms with Crippen molar-refractivity contribution in [3.8, 4) is 5.75 Å². The Morgan fingerprint density at radius 3 is 2.42 bits per heavy atom. The molecule has 0 saturated carbocycles. The van der Waals surface area contributed by atoms with Crippen LogP contribution in [0.15, 0.2) is 54.6 Å². The summed E-state index contributed by atoms with van der Waals surface area (Å²) in [7, 11) is -3.41. The van der Waals surface area contributed by atoms with Crippen LogP contribution in [0, 0.1) is 0 Å². The highest BCUT2D eigenvalue weighted by Crippen LogP contribution is 2.19. The fourth-order valence-electron chi connectivity index (χ4n) is 2.49. The average Bonchev–Trinajstić information content (AvgIpc) is 2.69. The Kier molecular flexibility index (Phi) is 8.74. The molecule has 8 nitrogen and oxygen atoms in total. The molecule has 2 amide bonds. The van der Waals surface area contributed by atoms with Crippen molar-refractivity contribution in [2.45, 2.75) is 25.7 Å². The minimum Gasteiger partial charge on any atom is -0.445 e. The zero-order chi connectivity index (χ0) is 22.9. The molecule has 0 saturated heterocycles. The highest BCUT2D eigenvalue weighted by molar-refractivity contribution is 7.90. The van der Waals surface area contributed by atoms with Crippen LogP contribution in [-0.2, 0) is 26.0 Å². The molecular formula is C20H22F2N2O6S. The number of rotatable bonds is 10. The Labute approximate surface area is 178 Å². The molecule has 0 aliphatic heterocycles. The zero-order valence-electron chi connectivity index (χ0n) is 16.6. The maximum absolute atomic E-state index is 12.6. The number of ether oxygens (including phenoxy) is 2. The molecule has 0 heterocycles. The second kappa shape index (κ2) is 11.3. The monoisotopic (exact) mass is 456 g/mol. The Balaban J connectivity index is 2.03. The van der Waals surface area contributed by atoms with Crippen LogP contribution in [0.5, 0.6) is 5.75 Å². The summed E-state index contributed by atoms with van der Waals surface area (Å²) in [4.78, 5) is 24.7. The molecule has 0 aliphatic carbocycles. The van der Waals surface area contributed by atoms with Crippen molar-refractivity contribution in [2.24, 2.45) is 0 Å². The standard InChI is InChI=1S/C20H22F2N2O6S/c1-31(27,28)11-10-17(24-20(26)29-13-14-6-3-2-4-7-14)18(25)23-15-8-5-9-16(12-15)30-19(21)22/h2-9,12,17,19H,10-11,13H2,1H3,(H,23,25)(H,24,26). The van der Waals surface area contributed by atoms with E-state index in [1.807, 2.05) is 0 Å². The Morgan fingerprint density at radius 2 is 1.77 bits per heavy atom. The molecule has 2 aromatic carbocycles. The number of nitrogens with one attached hydrogen (secondary N) is 2. The second-order valence-corrected chi connectivity index (χ2v) is 8.83. The van der Waals surface area contributed by atoms with Crippen molar-refractivity contribution in [1.82, 2.24) is 5.32 Å². The molecule has 11 heteroatoms. The molecule has 0 aliphatic rings. The van der Waals surface area contributed by atoms with Gasteiger partial charge in [0.15, 0.2) is 0 Å². The number of carbonyl (C=O) groups excluding carboxylic acids is 2. The van der Waals surface area contributed by atoms with Crippen LogP contribution in [0.2, 0.25) is 0 Å². The SMILES string of the molecule is CS(=O)(=O)CCC(NC(=O)OCc1ccccc1)C(=O)Nc1cccc(OC(F)F)c1. The third-order valence-electron chi connectivity index (χ3n) is 3.93. The first-order valence-electron chi connectivity index (χ1n) is 9.13. The van der Waals surface area contributed by atoms with E-state index >= 15 is 0 Å². The van der Waals surface area contributed by atoms with Gasteiger partial charge in [-0.05, 0) is 24.1 Å². The van der Waals surface area contributed by atoms with Crippen LogP contribution in [0.3, 0.4) is 0 Å². The number of carbonyl (C=O) groups is 2. The zero-order valence-corrected chi connectivity index (χ0v) is 17.4. The van der Waals surface area contributed by atoms with Crippen molar-refractivity contribution in [3.63, 3.8) is 0 Å². The van der Waals surface area contributed by atoms with Gasteiger partial charge in [0.2, 0.25) is 5.91 Å². The van der Waals surface area contributed by atoms with E-state index in [1.54, 1.807) is 30.3 Å². The molecule has 0 bridgehead atoms. The second-order valence-electron chi connectivity index (χ2n) is 6.57. The van der Waals surface area contributed by atoms with E-state index in [4.69, 9.17) is 4.74 Å². The topological polar surface area (TPSA) is 111 Å². The van der Waals surface area contributed by atoms with Crippen LogP contribution in [0.1, 0.15) is 12.0 Å². The van der Waals surface area contributed by atoms with Gasteiger partial charge in [-0.3, -0.25) is 4.79 Å². The van der Waals surface area contributed by atoms with Crippen LogP contribution in [-0.4, -0.2) is 45.1 Å². The fourth-order valence-corrected chi connectivity index (χ4v) is 3.15. The maximum Gasteiger partial charge on any atom is 0.408 e. The molecule has 2 aromatic rings. The lowest BCUT2D eigenvalue weighted by atomic mass is 10.2. The van der Waals surface area contributed by atoms with Crippen LogP contribution < -0.4 is 15.4 Å². The molecule has 2 rings (SSSR count). The minimum absolute atomic E-state index is 0.0416. The van der Waals surface area contributed by atoms with Gasteiger partial charge < -0.3 is 20.1 Å². The molecule has 0 spiro atoms. The summed E-state index contributed by atoms with van der Waals surface area (Å²) in [5, 5.41) is 4.78. The highest BCUT2D eigenvalue weighted by atomic mass is 32.2. The maximum atomic E-state index is 12.6. The summed E-state index contributed by atoms with van der Waals surface area (Å²) >= 11 is 0. The van der Waals surface area contributed by atoms with E-state index in [1.165, 1.54) is 24.3 Å². The number of anilines is 1. The highest BCUT2D eigenvalue weighted by Gasteiger charge is 2.23. The molecule has 31 heavy (non-hydrogen) atoms. The molecule has 0 fully saturated rings. The molecular weight excluding hydrogens is 434 g/mol. The predicted octanol–water partition coefficient (Wildman–Crippen LogP) is 2.96. The summed E-state index contributed by atoms with van der Waals surface area (Å²) in [5.41, 5.74) is 0.859. The minimum atomic E-state index is -3.41. The molecule has 0 radical (unpaired) electrons. The number of benzene rings is 2. The number of sulfone groups is 1. The van der Waals surface area contributed by atoms with E-state index in [-0.39, 0.29) is 30.2 Å².